The molecule has 1 aromatic heterocycles. The average Bonchev–Trinajstić information content (AvgIpc) is 2.62. The summed E-state index contributed by atoms with van der Waals surface area (Å²) in [5.41, 5.74) is 2.95. The Morgan fingerprint density at radius 2 is 2.21 bits per heavy atom. The van der Waals surface area contributed by atoms with Gasteiger partial charge < -0.3 is 5.32 Å². The highest BCUT2D eigenvalue weighted by Crippen LogP contribution is 2.40. The lowest BCUT2D eigenvalue weighted by Gasteiger charge is -2.08. The Morgan fingerprint density at radius 3 is 3.07 bits per heavy atom. The molecule has 14 heavy (non-hydrogen) atoms. The van der Waals surface area contributed by atoms with Crippen molar-refractivity contribution in [1.82, 2.24) is 10.3 Å². The third-order valence-electron chi connectivity index (χ3n) is 3.11. The molecule has 2 nitrogen and oxygen atoms in total. The Bertz CT molecular complexity index is 317. The highest BCUT2D eigenvalue weighted by Gasteiger charge is 2.35. The SMILES string of the molecule is Cl.Cl.c1cc2c(cn1)[C@H]1NCC[C@H]1C2. The van der Waals surface area contributed by atoms with E-state index in [1.165, 1.54) is 30.5 Å². The fourth-order valence-corrected chi connectivity index (χ4v) is 2.53. The maximum atomic E-state index is 4.18. The standard InChI is InChI=1S/C10H12N2.2ClH/c1-3-11-6-9-7(1)5-8-2-4-12-10(8)9;;/h1,3,6,8,10,12H,2,4-5H2;2*1H/t8-,10-;;/m0../s1. The molecule has 1 N–H and O–H groups in total. The Hall–Kier alpha value is -0.310. The normalized spacial score (nSPS) is 27.1. The Labute approximate surface area is 96.3 Å². The molecule has 4 heteroatoms. The van der Waals surface area contributed by atoms with Crippen LogP contribution in [0.5, 0.6) is 0 Å². The molecular weight excluding hydrogens is 219 g/mol. The molecule has 2 atom stereocenters. The molecule has 0 radical (unpaired) electrons. The highest BCUT2D eigenvalue weighted by atomic mass is 35.5. The minimum atomic E-state index is 0. The lowest BCUT2D eigenvalue weighted by molar-refractivity contribution is 0.504. The Kier molecular flexibility index (Phi) is 3.76. The molecular formula is C10H14Cl2N2. The van der Waals surface area contributed by atoms with Gasteiger partial charge in [0.1, 0.15) is 0 Å². The molecule has 78 valence electrons. The molecule has 1 fully saturated rings. The van der Waals surface area contributed by atoms with Crippen LogP contribution in [0.25, 0.3) is 0 Å². The van der Waals surface area contributed by atoms with Gasteiger partial charge in [0.2, 0.25) is 0 Å². The molecule has 1 aliphatic carbocycles. The van der Waals surface area contributed by atoms with Crippen molar-refractivity contribution in [3.8, 4) is 0 Å². The molecule has 1 aromatic rings. The predicted molar refractivity (Wildman–Crippen MR) is 61.3 cm³/mol. The van der Waals surface area contributed by atoms with Gasteiger partial charge in [-0.05, 0) is 42.5 Å². The van der Waals surface area contributed by atoms with E-state index in [1.807, 2.05) is 12.4 Å². The van der Waals surface area contributed by atoms with Gasteiger partial charge in [-0.2, -0.15) is 0 Å². The van der Waals surface area contributed by atoms with Crippen LogP contribution in [0.3, 0.4) is 0 Å². The highest BCUT2D eigenvalue weighted by molar-refractivity contribution is 5.85. The van der Waals surface area contributed by atoms with E-state index in [1.54, 1.807) is 0 Å². The van der Waals surface area contributed by atoms with Gasteiger partial charge in [0.15, 0.2) is 0 Å². The van der Waals surface area contributed by atoms with Crippen LogP contribution >= 0.6 is 24.8 Å². The molecule has 0 spiro atoms. The monoisotopic (exact) mass is 232 g/mol. The molecule has 0 unspecified atom stereocenters. The molecule has 2 aliphatic rings. The summed E-state index contributed by atoms with van der Waals surface area (Å²) in [6.07, 6.45) is 6.52. The summed E-state index contributed by atoms with van der Waals surface area (Å²) in [7, 11) is 0. The van der Waals surface area contributed by atoms with Crippen LogP contribution in [0.2, 0.25) is 0 Å². The van der Waals surface area contributed by atoms with Crippen molar-refractivity contribution in [3.05, 3.63) is 29.6 Å². The van der Waals surface area contributed by atoms with E-state index in [2.05, 4.69) is 16.4 Å². The number of aromatic nitrogens is 1. The van der Waals surface area contributed by atoms with E-state index in [0.29, 0.717) is 6.04 Å². The fourth-order valence-electron chi connectivity index (χ4n) is 2.53. The van der Waals surface area contributed by atoms with Crippen molar-refractivity contribution in [3.63, 3.8) is 0 Å². The van der Waals surface area contributed by atoms with E-state index >= 15 is 0 Å². The van der Waals surface area contributed by atoms with E-state index in [0.717, 1.165) is 5.92 Å². The largest absolute Gasteiger partial charge is 0.310 e. The lowest BCUT2D eigenvalue weighted by Crippen LogP contribution is -2.13. The Balaban J connectivity index is 0.000000490. The number of hydrogen-bond donors (Lipinski definition) is 1. The second kappa shape index (κ2) is 4.47. The maximum Gasteiger partial charge on any atom is 0.0370 e. The van der Waals surface area contributed by atoms with E-state index < -0.39 is 0 Å². The summed E-state index contributed by atoms with van der Waals surface area (Å²) in [5, 5.41) is 3.53. The number of pyridine rings is 1. The quantitative estimate of drug-likeness (QED) is 0.742. The van der Waals surface area contributed by atoms with Gasteiger partial charge in [-0.15, -0.1) is 24.8 Å². The van der Waals surface area contributed by atoms with Crippen LogP contribution in [0.1, 0.15) is 23.6 Å². The fraction of sp³-hybridized carbons (Fsp3) is 0.500. The van der Waals surface area contributed by atoms with Gasteiger partial charge >= 0.3 is 0 Å². The third-order valence-corrected chi connectivity index (χ3v) is 3.11. The van der Waals surface area contributed by atoms with Crippen LogP contribution in [-0.4, -0.2) is 11.5 Å². The van der Waals surface area contributed by atoms with Crippen molar-refractivity contribution in [2.45, 2.75) is 18.9 Å². The van der Waals surface area contributed by atoms with Gasteiger partial charge in [-0.3, -0.25) is 4.98 Å². The zero-order valence-corrected chi connectivity index (χ0v) is 9.40. The molecule has 2 heterocycles. The molecule has 1 saturated heterocycles. The summed E-state index contributed by atoms with van der Waals surface area (Å²) < 4.78 is 0. The van der Waals surface area contributed by atoms with Gasteiger partial charge in [-0.25, -0.2) is 0 Å². The molecule has 0 amide bonds. The topological polar surface area (TPSA) is 24.9 Å². The van der Waals surface area contributed by atoms with Crippen LogP contribution in [-0.2, 0) is 6.42 Å². The van der Waals surface area contributed by atoms with E-state index in [4.69, 9.17) is 0 Å². The average molecular weight is 233 g/mol. The number of hydrogen-bond acceptors (Lipinski definition) is 2. The predicted octanol–water partition coefficient (Wildman–Crippen LogP) is 2.13. The molecule has 1 aliphatic heterocycles. The minimum absolute atomic E-state index is 0. The van der Waals surface area contributed by atoms with Gasteiger partial charge in [0.05, 0.1) is 0 Å². The number of rotatable bonds is 0. The third kappa shape index (κ3) is 1.62. The number of nitrogens with zero attached hydrogens (tertiary/aromatic N) is 1. The van der Waals surface area contributed by atoms with Crippen molar-refractivity contribution >= 4 is 24.8 Å². The first-order chi connectivity index (χ1) is 5.95. The van der Waals surface area contributed by atoms with Crippen LogP contribution in [0.4, 0.5) is 0 Å². The molecule has 3 rings (SSSR count). The summed E-state index contributed by atoms with van der Waals surface area (Å²) in [6.45, 7) is 1.18. The van der Waals surface area contributed by atoms with Crippen LogP contribution in [0.15, 0.2) is 18.5 Å². The minimum Gasteiger partial charge on any atom is -0.310 e. The van der Waals surface area contributed by atoms with Crippen molar-refractivity contribution in [2.75, 3.05) is 6.54 Å². The summed E-state index contributed by atoms with van der Waals surface area (Å²) >= 11 is 0. The maximum absolute atomic E-state index is 4.18. The number of nitrogens with one attached hydrogen (secondary N) is 1. The summed E-state index contributed by atoms with van der Waals surface area (Å²) in [6, 6.07) is 2.78. The summed E-state index contributed by atoms with van der Waals surface area (Å²) in [5.74, 6) is 0.851. The first-order valence-electron chi connectivity index (χ1n) is 4.61. The van der Waals surface area contributed by atoms with E-state index in [-0.39, 0.29) is 24.8 Å². The second-order valence-corrected chi connectivity index (χ2v) is 3.76. The van der Waals surface area contributed by atoms with Gasteiger partial charge in [-0.1, -0.05) is 0 Å². The number of fused-ring (bicyclic) bond motifs is 3. The zero-order chi connectivity index (χ0) is 7.97. The Morgan fingerprint density at radius 1 is 1.36 bits per heavy atom. The lowest BCUT2D eigenvalue weighted by atomic mass is 10.0. The number of halogens is 2. The first kappa shape index (κ1) is 11.8. The second-order valence-electron chi connectivity index (χ2n) is 3.76. The molecule has 0 bridgehead atoms. The zero-order valence-electron chi connectivity index (χ0n) is 7.77. The van der Waals surface area contributed by atoms with Gasteiger partial charge in [0, 0.05) is 18.4 Å². The van der Waals surface area contributed by atoms with Crippen molar-refractivity contribution in [1.29, 1.82) is 0 Å². The van der Waals surface area contributed by atoms with Crippen LogP contribution < -0.4 is 5.32 Å². The smallest absolute Gasteiger partial charge is 0.0370 e. The van der Waals surface area contributed by atoms with Crippen LogP contribution in [0, 0.1) is 5.92 Å². The molecule has 0 aromatic carbocycles. The van der Waals surface area contributed by atoms with Gasteiger partial charge in [0.25, 0.3) is 0 Å². The molecule has 0 saturated carbocycles. The van der Waals surface area contributed by atoms with Crippen molar-refractivity contribution < 1.29 is 0 Å². The van der Waals surface area contributed by atoms with E-state index in [9.17, 15) is 0 Å². The summed E-state index contributed by atoms with van der Waals surface area (Å²) in [4.78, 5) is 4.18. The first-order valence-corrected chi connectivity index (χ1v) is 4.61. The van der Waals surface area contributed by atoms with Crippen molar-refractivity contribution in [2.24, 2.45) is 5.92 Å².